The lowest BCUT2D eigenvalue weighted by Gasteiger charge is -2.34. The summed E-state index contributed by atoms with van der Waals surface area (Å²) in [5.41, 5.74) is -0.527. The predicted octanol–water partition coefficient (Wildman–Crippen LogP) is 6.02. The smallest absolute Gasteiger partial charge is 0.407 e. The lowest BCUT2D eigenvalue weighted by Crippen LogP contribution is -2.43. The van der Waals surface area contributed by atoms with Gasteiger partial charge in [0.05, 0.1) is 42.5 Å². The highest BCUT2D eigenvalue weighted by Crippen LogP contribution is 2.33. The van der Waals surface area contributed by atoms with E-state index >= 15 is 0 Å². The van der Waals surface area contributed by atoms with Gasteiger partial charge < -0.3 is 24.6 Å². The van der Waals surface area contributed by atoms with Crippen LogP contribution in [0.4, 0.5) is 25.5 Å². The van der Waals surface area contributed by atoms with E-state index in [0.717, 1.165) is 50.4 Å². The van der Waals surface area contributed by atoms with E-state index in [1.54, 1.807) is 45.6 Å². The van der Waals surface area contributed by atoms with Crippen LogP contribution in [0.2, 0.25) is 5.02 Å². The molecule has 45 heavy (non-hydrogen) atoms. The van der Waals surface area contributed by atoms with E-state index in [2.05, 4.69) is 37.1 Å². The Kier molecular flexibility index (Phi) is 10.2. The van der Waals surface area contributed by atoms with E-state index in [-0.39, 0.29) is 12.1 Å². The first-order valence-corrected chi connectivity index (χ1v) is 15.7. The highest BCUT2D eigenvalue weighted by Gasteiger charge is 2.38. The molecule has 0 radical (unpaired) electrons. The minimum absolute atomic E-state index is 0.177. The van der Waals surface area contributed by atoms with E-state index in [9.17, 15) is 13.6 Å². The van der Waals surface area contributed by atoms with Gasteiger partial charge in [-0.3, -0.25) is 0 Å². The van der Waals surface area contributed by atoms with Crippen LogP contribution in [0, 0.1) is 23.5 Å². The van der Waals surface area contributed by atoms with Crippen molar-refractivity contribution in [3.63, 3.8) is 0 Å². The third-order valence-corrected chi connectivity index (χ3v) is 8.55. The van der Waals surface area contributed by atoms with E-state index in [1.807, 2.05) is 4.90 Å². The van der Waals surface area contributed by atoms with Crippen molar-refractivity contribution in [2.24, 2.45) is 11.8 Å². The highest BCUT2D eigenvalue weighted by molar-refractivity contribution is 6.30. The standard InChI is InChI=1S/C32H40ClF2N7O3/c1-20(21-7-10-41(11-8-21)29-36-14-22(33)15-37-29)9-12-44-24-16-38-30(39-17-24)42-18-26(25-13-23(34)5-6-27(25)35)28(19-42)40-31(43)45-32(2,3)4/h5-6,13-17,20-21,26,28H,7-12,18-19H2,1-4H3,(H,40,43). The van der Waals surface area contributed by atoms with Gasteiger partial charge in [-0.05, 0) is 75.6 Å². The Morgan fingerprint density at radius 2 is 1.67 bits per heavy atom. The average molecular weight is 644 g/mol. The van der Waals surface area contributed by atoms with Gasteiger partial charge >= 0.3 is 6.09 Å². The fourth-order valence-electron chi connectivity index (χ4n) is 5.97. The molecule has 0 saturated carbocycles. The molecule has 0 spiro atoms. The number of nitrogens with one attached hydrogen (secondary N) is 1. The lowest BCUT2D eigenvalue weighted by atomic mass is 9.84. The van der Waals surface area contributed by atoms with Crippen molar-refractivity contribution in [3.8, 4) is 5.75 Å². The van der Waals surface area contributed by atoms with Gasteiger partial charge in [0, 0.05) is 32.1 Å². The van der Waals surface area contributed by atoms with Gasteiger partial charge in [0.15, 0.2) is 5.75 Å². The number of nitrogens with zero attached hydrogens (tertiary/aromatic N) is 6. The molecule has 5 rings (SSSR count). The normalized spacial score (nSPS) is 19.8. The van der Waals surface area contributed by atoms with Crippen LogP contribution < -0.4 is 19.9 Å². The minimum Gasteiger partial charge on any atom is -0.490 e. The van der Waals surface area contributed by atoms with Gasteiger partial charge in [-0.15, -0.1) is 0 Å². The third kappa shape index (κ3) is 8.68. The first-order valence-electron chi connectivity index (χ1n) is 15.3. The first kappa shape index (κ1) is 32.6. The second-order valence-electron chi connectivity index (χ2n) is 12.8. The Morgan fingerprint density at radius 1 is 1.02 bits per heavy atom. The zero-order valence-corrected chi connectivity index (χ0v) is 26.8. The Labute approximate surface area is 267 Å². The SMILES string of the molecule is CC(CCOc1cnc(N2CC(NC(=O)OC(C)(C)C)C(c3cc(F)ccc3F)C2)nc1)C1CCN(c2ncc(Cl)cn2)CC1. The van der Waals surface area contributed by atoms with E-state index < -0.39 is 35.3 Å². The Bertz CT molecular complexity index is 1430. The van der Waals surface area contributed by atoms with Gasteiger partial charge in [-0.25, -0.2) is 33.5 Å². The molecule has 2 aromatic heterocycles. The topological polar surface area (TPSA) is 106 Å². The van der Waals surface area contributed by atoms with E-state index in [4.69, 9.17) is 21.1 Å². The summed E-state index contributed by atoms with van der Waals surface area (Å²) in [6, 6.07) is 2.79. The number of ether oxygens (including phenoxy) is 2. The molecule has 1 aromatic carbocycles. The summed E-state index contributed by atoms with van der Waals surface area (Å²) in [5.74, 6) is 1.11. The van der Waals surface area contributed by atoms with Crippen molar-refractivity contribution in [2.45, 2.75) is 64.5 Å². The van der Waals surface area contributed by atoms with Crippen molar-refractivity contribution in [1.82, 2.24) is 25.3 Å². The number of benzene rings is 1. The number of piperidine rings is 1. The van der Waals surface area contributed by atoms with E-state index in [0.29, 0.717) is 41.7 Å². The quantitative estimate of drug-likeness (QED) is 0.300. The average Bonchev–Trinajstić information content (AvgIpc) is 3.41. The van der Waals surface area contributed by atoms with Gasteiger partial charge in [0.25, 0.3) is 0 Å². The van der Waals surface area contributed by atoms with Crippen LogP contribution in [-0.4, -0.2) is 70.5 Å². The minimum atomic E-state index is -0.705. The number of aromatic nitrogens is 4. The number of carbonyl (C=O) groups excluding carboxylic acids is 1. The van der Waals surface area contributed by atoms with Crippen LogP contribution in [-0.2, 0) is 4.74 Å². The van der Waals surface area contributed by atoms with Crippen LogP contribution in [0.5, 0.6) is 5.75 Å². The van der Waals surface area contributed by atoms with Crippen LogP contribution >= 0.6 is 11.6 Å². The maximum absolute atomic E-state index is 14.8. The van der Waals surface area contributed by atoms with Gasteiger partial charge in [0.1, 0.15) is 17.2 Å². The molecule has 2 saturated heterocycles. The van der Waals surface area contributed by atoms with E-state index in [1.165, 1.54) is 6.07 Å². The summed E-state index contributed by atoms with van der Waals surface area (Å²) in [5, 5.41) is 3.37. The van der Waals surface area contributed by atoms with Crippen molar-refractivity contribution < 1.29 is 23.0 Å². The number of anilines is 2. The van der Waals surface area contributed by atoms with Crippen LogP contribution in [0.25, 0.3) is 0 Å². The maximum Gasteiger partial charge on any atom is 0.407 e. The number of rotatable bonds is 9. The fraction of sp³-hybridized carbons (Fsp3) is 0.531. The summed E-state index contributed by atoms with van der Waals surface area (Å²) in [6.45, 7) is 10.5. The summed E-state index contributed by atoms with van der Waals surface area (Å²) in [7, 11) is 0. The van der Waals surface area contributed by atoms with Crippen LogP contribution in [0.3, 0.4) is 0 Å². The molecule has 2 fully saturated rings. The zero-order valence-electron chi connectivity index (χ0n) is 26.0. The molecule has 2 aliphatic rings. The fourth-order valence-corrected chi connectivity index (χ4v) is 6.07. The lowest BCUT2D eigenvalue weighted by molar-refractivity contribution is 0.0504. The molecule has 0 bridgehead atoms. The van der Waals surface area contributed by atoms with Crippen molar-refractivity contribution in [2.75, 3.05) is 42.6 Å². The van der Waals surface area contributed by atoms with Gasteiger partial charge in [-0.2, -0.15) is 0 Å². The van der Waals surface area contributed by atoms with Crippen molar-refractivity contribution in [3.05, 3.63) is 65.2 Å². The second kappa shape index (κ2) is 14.1. The number of amides is 1. The summed E-state index contributed by atoms with van der Waals surface area (Å²) < 4.78 is 40.3. The molecule has 10 nitrogen and oxygen atoms in total. The molecule has 3 unspecified atom stereocenters. The summed E-state index contributed by atoms with van der Waals surface area (Å²) >= 11 is 5.91. The molecule has 0 aliphatic carbocycles. The summed E-state index contributed by atoms with van der Waals surface area (Å²) in [4.78, 5) is 34.3. The molecule has 3 atom stereocenters. The number of halogens is 3. The monoisotopic (exact) mass is 643 g/mol. The molecule has 3 aromatic rings. The molecule has 2 aliphatic heterocycles. The number of carbonyl (C=O) groups is 1. The molecule has 4 heterocycles. The molecular formula is C32H40ClF2N7O3. The number of hydrogen-bond donors (Lipinski definition) is 1. The number of alkyl carbamates (subject to hydrolysis) is 1. The first-order chi connectivity index (χ1) is 21.4. The predicted molar refractivity (Wildman–Crippen MR) is 168 cm³/mol. The number of hydrogen-bond acceptors (Lipinski definition) is 9. The summed E-state index contributed by atoms with van der Waals surface area (Å²) in [6.07, 6.45) is 8.88. The molecule has 13 heteroatoms. The Hall–Kier alpha value is -3.80. The largest absolute Gasteiger partial charge is 0.490 e. The van der Waals surface area contributed by atoms with Crippen LogP contribution in [0.1, 0.15) is 58.4 Å². The van der Waals surface area contributed by atoms with Crippen molar-refractivity contribution in [1.29, 1.82) is 0 Å². The van der Waals surface area contributed by atoms with Gasteiger partial charge in [-0.1, -0.05) is 18.5 Å². The highest BCUT2D eigenvalue weighted by atomic mass is 35.5. The molecule has 242 valence electrons. The van der Waals surface area contributed by atoms with Crippen molar-refractivity contribution >= 4 is 29.6 Å². The molecule has 1 N–H and O–H groups in total. The Morgan fingerprint density at radius 3 is 2.33 bits per heavy atom. The molecule has 1 amide bonds. The Balaban J connectivity index is 1.14. The molecular weight excluding hydrogens is 604 g/mol. The second-order valence-corrected chi connectivity index (χ2v) is 13.2. The van der Waals surface area contributed by atoms with Gasteiger partial charge in [0.2, 0.25) is 11.9 Å². The third-order valence-electron chi connectivity index (χ3n) is 8.35. The van der Waals surface area contributed by atoms with Crippen LogP contribution in [0.15, 0.2) is 43.0 Å². The zero-order chi connectivity index (χ0) is 32.1. The maximum atomic E-state index is 14.8.